The van der Waals surface area contributed by atoms with Gasteiger partial charge in [-0.15, -0.1) is 17.9 Å². The largest absolute Gasteiger partial charge is 0.250 e. The van der Waals surface area contributed by atoms with E-state index in [1.807, 2.05) is 0 Å². The Labute approximate surface area is 113 Å². The van der Waals surface area contributed by atoms with Crippen LogP contribution in [0.1, 0.15) is 13.3 Å². The molecule has 0 spiro atoms. The number of nitrogens with one attached hydrogen (secondary N) is 1. The predicted octanol–water partition coefficient (Wildman–Crippen LogP) is 3.41. The highest BCUT2D eigenvalue weighted by Crippen LogP contribution is 2.34. The molecule has 0 bridgehead atoms. The van der Waals surface area contributed by atoms with Gasteiger partial charge in [-0.1, -0.05) is 17.7 Å². The summed E-state index contributed by atoms with van der Waals surface area (Å²) in [5, 5.41) is 0.404. The Morgan fingerprint density at radius 3 is 2.81 bits per heavy atom. The van der Waals surface area contributed by atoms with Crippen LogP contribution in [-0.2, 0) is 10.0 Å². The topological polar surface area (TPSA) is 46.2 Å². The second-order valence-corrected chi connectivity index (χ2v) is 7.95. The maximum atomic E-state index is 11.9. The first-order valence-electron chi connectivity index (χ1n) is 4.45. The first kappa shape index (κ1) is 14.2. The molecule has 1 heterocycles. The standard InChI is InChI=1S/C9H11BrClNO2S2/c1-3-4-6(2)12-16(13,14)8-5-7(11)9(10)15-8/h3,5-6,12H,1,4H2,2H3. The molecule has 0 saturated heterocycles. The van der Waals surface area contributed by atoms with Gasteiger partial charge in [0.25, 0.3) is 0 Å². The summed E-state index contributed by atoms with van der Waals surface area (Å²) in [6, 6.07) is 1.25. The summed E-state index contributed by atoms with van der Waals surface area (Å²) in [4.78, 5) is 0. The normalized spacial score (nSPS) is 13.7. The van der Waals surface area contributed by atoms with Crippen LogP contribution < -0.4 is 4.72 Å². The van der Waals surface area contributed by atoms with E-state index in [1.165, 1.54) is 6.07 Å². The lowest BCUT2D eigenvalue weighted by molar-refractivity contribution is 0.564. The van der Waals surface area contributed by atoms with Crippen molar-refractivity contribution >= 4 is 48.9 Å². The SMILES string of the molecule is C=CCC(C)NS(=O)(=O)c1cc(Cl)c(Br)s1. The van der Waals surface area contributed by atoms with Gasteiger partial charge < -0.3 is 0 Å². The van der Waals surface area contributed by atoms with Crippen molar-refractivity contribution in [1.29, 1.82) is 0 Å². The summed E-state index contributed by atoms with van der Waals surface area (Å²) >= 11 is 10.1. The zero-order chi connectivity index (χ0) is 12.3. The molecule has 3 nitrogen and oxygen atoms in total. The summed E-state index contributed by atoms with van der Waals surface area (Å²) < 4.78 is 27.1. The molecule has 1 aromatic heterocycles. The molecule has 0 aliphatic carbocycles. The van der Waals surface area contributed by atoms with E-state index >= 15 is 0 Å². The monoisotopic (exact) mass is 343 g/mol. The zero-order valence-corrected chi connectivity index (χ0v) is 12.5. The highest BCUT2D eigenvalue weighted by Gasteiger charge is 2.20. The van der Waals surface area contributed by atoms with Crippen LogP contribution in [0, 0.1) is 0 Å². The van der Waals surface area contributed by atoms with Crippen LogP contribution >= 0.6 is 38.9 Å². The maximum Gasteiger partial charge on any atom is 0.250 e. The van der Waals surface area contributed by atoms with Crippen molar-refractivity contribution in [2.45, 2.75) is 23.6 Å². The van der Waals surface area contributed by atoms with Crippen molar-refractivity contribution in [1.82, 2.24) is 4.72 Å². The van der Waals surface area contributed by atoms with Gasteiger partial charge in [-0.05, 0) is 35.3 Å². The number of halogens is 2. The first-order chi connectivity index (χ1) is 7.36. The Balaban J connectivity index is 2.90. The Morgan fingerprint density at radius 1 is 1.75 bits per heavy atom. The van der Waals surface area contributed by atoms with Crippen LogP contribution in [0.5, 0.6) is 0 Å². The highest BCUT2D eigenvalue weighted by atomic mass is 79.9. The molecule has 1 N–H and O–H groups in total. The Hall–Kier alpha value is 0.120. The molecular weight excluding hydrogens is 334 g/mol. The number of sulfonamides is 1. The minimum Gasteiger partial charge on any atom is -0.207 e. The molecule has 90 valence electrons. The first-order valence-corrected chi connectivity index (χ1v) is 7.92. The Kier molecular flexibility index (Phi) is 5.00. The molecule has 0 aliphatic heterocycles. The number of thiophene rings is 1. The molecule has 0 saturated carbocycles. The smallest absolute Gasteiger partial charge is 0.207 e. The van der Waals surface area contributed by atoms with Crippen molar-refractivity contribution in [2.24, 2.45) is 0 Å². The molecule has 7 heteroatoms. The molecule has 1 unspecified atom stereocenters. The van der Waals surface area contributed by atoms with E-state index in [9.17, 15) is 8.42 Å². The van der Waals surface area contributed by atoms with E-state index in [0.29, 0.717) is 15.2 Å². The fourth-order valence-corrected chi connectivity index (χ4v) is 4.75. The van der Waals surface area contributed by atoms with Gasteiger partial charge in [-0.25, -0.2) is 13.1 Å². The van der Waals surface area contributed by atoms with Gasteiger partial charge in [0.15, 0.2) is 0 Å². The van der Waals surface area contributed by atoms with Gasteiger partial charge in [-0.3, -0.25) is 0 Å². The lowest BCUT2D eigenvalue weighted by Gasteiger charge is -2.10. The zero-order valence-electron chi connectivity index (χ0n) is 8.54. The summed E-state index contributed by atoms with van der Waals surface area (Å²) in [6.45, 7) is 5.34. The van der Waals surface area contributed by atoms with E-state index in [1.54, 1.807) is 13.0 Å². The fraction of sp³-hybridized carbons (Fsp3) is 0.333. The van der Waals surface area contributed by atoms with E-state index in [0.717, 1.165) is 11.3 Å². The summed E-state index contributed by atoms with van der Waals surface area (Å²) in [6.07, 6.45) is 2.25. The Bertz CT molecular complexity index is 464. The average molecular weight is 345 g/mol. The summed E-state index contributed by atoms with van der Waals surface area (Å²) in [7, 11) is -3.48. The molecule has 0 aromatic carbocycles. The molecular formula is C9H11BrClNO2S2. The van der Waals surface area contributed by atoms with Crippen molar-refractivity contribution in [3.8, 4) is 0 Å². The van der Waals surface area contributed by atoms with Gasteiger partial charge in [0.2, 0.25) is 10.0 Å². The van der Waals surface area contributed by atoms with Crippen molar-refractivity contribution in [3.05, 3.63) is 27.5 Å². The molecule has 0 fully saturated rings. The van der Waals surface area contributed by atoms with Crippen LogP contribution in [0.4, 0.5) is 0 Å². The van der Waals surface area contributed by atoms with Gasteiger partial charge in [0.1, 0.15) is 4.21 Å². The van der Waals surface area contributed by atoms with Crippen LogP contribution in [0.25, 0.3) is 0 Å². The number of hydrogen-bond acceptors (Lipinski definition) is 3. The Morgan fingerprint density at radius 2 is 2.38 bits per heavy atom. The second kappa shape index (κ2) is 5.64. The highest BCUT2D eigenvalue weighted by molar-refractivity contribution is 9.11. The molecule has 0 radical (unpaired) electrons. The summed E-state index contributed by atoms with van der Waals surface area (Å²) in [5.74, 6) is 0. The van der Waals surface area contributed by atoms with Crippen molar-refractivity contribution < 1.29 is 8.42 Å². The molecule has 1 aromatic rings. The average Bonchev–Trinajstić information content (AvgIpc) is 2.47. The van der Waals surface area contributed by atoms with Gasteiger partial charge in [0, 0.05) is 6.04 Å². The van der Waals surface area contributed by atoms with E-state index in [4.69, 9.17) is 11.6 Å². The van der Waals surface area contributed by atoms with Crippen LogP contribution in [-0.4, -0.2) is 14.5 Å². The van der Waals surface area contributed by atoms with Crippen LogP contribution in [0.2, 0.25) is 5.02 Å². The minimum atomic E-state index is -3.48. The fourth-order valence-electron chi connectivity index (χ4n) is 1.08. The van der Waals surface area contributed by atoms with Gasteiger partial charge in [-0.2, -0.15) is 0 Å². The molecule has 1 atom stereocenters. The molecule has 16 heavy (non-hydrogen) atoms. The third kappa shape index (κ3) is 3.56. The third-order valence-electron chi connectivity index (χ3n) is 1.76. The number of hydrogen-bond donors (Lipinski definition) is 1. The van der Waals surface area contributed by atoms with Gasteiger partial charge in [0.05, 0.1) is 8.81 Å². The van der Waals surface area contributed by atoms with Crippen LogP contribution in [0.3, 0.4) is 0 Å². The second-order valence-electron chi connectivity index (χ2n) is 3.23. The number of rotatable bonds is 5. The van der Waals surface area contributed by atoms with E-state index < -0.39 is 10.0 Å². The lowest BCUT2D eigenvalue weighted by atomic mass is 10.3. The maximum absolute atomic E-state index is 11.9. The van der Waals surface area contributed by atoms with Gasteiger partial charge >= 0.3 is 0 Å². The van der Waals surface area contributed by atoms with Crippen molar-refractivity contribution in [3.63, 3.8) is 0 Å². The third-order valence-corrected chi connectivity index (χ3v) is 6.30. The van der Waals surface area contributed by atoms with Crippen LogP contribution in [0.15, 0.2) is 26.7 Å². The van der Waals surface area contributed by atoms with E-state index in [-0.39, 0.29) is 10.3 Å². The molecule has 0 amide bonds. The van der Waals surface area contributed by atoms with Crippen molar-refractivity contribution in [2.75, 3.05) is 0 Å². The molecule has 1 rings (SSSR count). The quantitative estimate of drug-likeness (QED) is 0.832. The van der Waals surface area contributed by atoms with E-state index in [2.05, 4.69) is 27.2 Å². The molecule has 0 aliphatic rings. The summed E-state index contributed by atoms with van der Waals surface area (Å²) in [5.41, 5.74) is 0. The predicted molar refractivity (Wildman–Crippen MR) is 71.6 cm³/mol. The minimum absolute atomic E-state index is 0.179. The lowest BCUT2D eigenvalue weighted by Crippen LogP contribution is -2.31.